The summed E-state index contributed by atoms with van der Waals surface area (Å²) in [4.78, 5) is 25.5. The maximum absolute atomic E-state index is 12.9. The minimum atomic E-state index is -0.299. The van der Waals surface area contributed by atoms with E-state index in [0.29, 0.717) is 28.3 Å². The molecule has 3 rings (SSSR count). The fourth-order valence-electron chi connectivity index (χ4n) is 3.37. The van der Waals surface area contributed by atoms with E-state index in [1.807, 2.05) is 37.3 Å². The van der Waals surface area contributed by atoms with Gasteiger partial charge in [-0.05, 0) is 65.9 Å². The number of hydrogen-bond acceptors (Lipinski definition) is 3. The van der Waals surface area contributed by atoms with Crippen LogP contribution in [0.4, 0.5) is 11.4 Å². The largest absolute Gasteiger partial charge is 0.496 e. The second-order valence-corrected chi connectivity index (χ2v) is 9.54. The van der Waals surface area contributed by atoms with Gasteiger partial charge in [0.2, 0.25) is 0 Å². The number of hydrogen-bond donors (Lipinski definition) is 2. The zero-order chi connectivity index (χ0) is 23.5. The maximum atomic E-state index is 12.9. The van der Waals surface area contributed by atoms with Gasteiger partial charge in [-0.1, -0.05) is 54.9 Å². The Hall–Kier alpha value is -3.12. The summed E-state index contributed by atoms with van der Waals surface area (Å²) in [7, 11) is 1.54. The number of anilines is 2. The van der Waals surface area contributed by atoms with Gasteiger partial charge in [-0.2, -0.15) is 0 Å². The zero-order valence-corrected chi connectivity index (χ0v) is 20.5. The molecule has 0 heterocycles. The number of ether oxygens (including phenoxy) is 1. The molecule has 2 N–H and O–H groups in total. The third kappa shape index (κ3) is 5.56. The molecule has 0 aliphatic rings. The first kappa shape index (κ1) is 23.5. The van der Waals surface area contributed by atoms with Crippen LogP contribution < -0.4 is 15.4 Å². The molecule has 3 aromatic carbocycles. The summed E-state index contributed by atoms with van der Waals surface area (Å²) in [6.45, 7) is 8.28. The molecule has 0 atom stereocenters. The molecule has 0 unspecified atom stereocenters. The Morgan fingerprint density at radius 1 is 0.875 bits per heavy atom. The van der Waals surface area contributed by atoms with E-state index in [-0.39, 0.29) is 17.2 Å². The van der Waals surface area contributed by atoms with E-state index in [9.17, 15) is 9.59 Å². The minimum absolute atomic E-state index is 0.0249. The molecule has 166 valence electrons. The average Bonchev–Trinajstić information content (AvgIpc) is 2.73. The van der Waals surface area contributed by atoms with Crippen molar-refractivity contribution in [1.29, 1.82) is 0 Å². The second kappa shape index (κ2) is 9.57. The SMILES string of the molecule is COc1c(C)cc(Br)cc1C(=O)Nc1cccc(NC(=O)c2ccc(C(C)(C)C)cc2)c1. The molecule has 0 fully saturated rings. The lowest BCUT2D eigenvalue weighted by molar-refractivity contribution is 0.101. The fraction of sp³-hybridized carbons (Fsp3) is 0.231. The van der Waals surface area contributed by atoms with Gasteiger partial charge in [0.05, 0.1) is 12.7 Å². The van der Waals surface area contributed by atoms with Gasteiger partial charge in [0, 0.05) is 21.4 Å². The monoisotopic (exact) mass is 494 g/mol. The van der Waals surface area contributed by atoms with Gasteiger partial charge < -0.3 is 15.4 Å². The number of aryl methyl sites for hydroxylation is 1. The summed E-state index contributed by atoms with van der Waals surface area (Å²) in [5, 5.41) is 5.76. The van der Waals surface area contributed by atoms with Crippen LogP contribution in [0.2, 0.25) is 0 Å². The lowest BCUT2D eigenvalue weighted by Crippen LogP contribution is -2.15. The molecule has 0 aliphatic heterocycles. The van der Waals surface area contributed by atoms with Crippen LogP contribution in [-0.2, 0) is 5.41 Å². The van der Waals surface area contributed by atoms with E-state index in [4.69, 9.17) is 4.74 Å². The summed E-state index contributed by atoms with van der Waals surface area (Å²) >= 11 is 3.42. The van der Waals surface area contributed by atoms with Gasteiger partial charge in [0.15, 0.2) is 0 Å². The average molecular weight is 495 g/mol. The van der Waals surface area contributed by atoms with Crippen molar-refractivity contribution < 1.29 is 14.3 Å². The van der Waals surface area contributed by atoms with Gasteiger partial charge in [0.25, 0.3) is 11.8 Å². The van der Waals surface area contributed by atoms with Crippen molar-refractivity contribution in [2.75, 3.05) is 17.7 Å². The first-order valence-electron chi connectivity index (χ1n) is 10.3. The van der Waals surface area contributed by atoms with Crippen molar-refractivity contribution >= 4 is 39.1 Å². The Balaban J connectivity index is 1.75. The van der Waals surface area contributed by atoms with E-state index < -0.39 is 0 Å². The molecule has 6 heteroatoms. The van der Waals surface area contributed by atoms with Crippen LogP contribution in [0.3, 0.4) is 0 Å². The van der Waals surface area contributed by atoms with E-state index in [2.05, 4.69) is 47.3 Å². The number of benzene rings is 3. The number of amides is 2. The third-order valence-electron chi connectivity index (χ3n) is 5.08. The molecule has 0 bridgehead atoms. The first-order chi connectivity index (χ1) is 15.1. The van der Waals surface area contributed by atoms with Crippen LogP contribution in [0.1, 0.15) is 52.6 Å². The standard InChI is InChI=1S/C26H27BrN2O3/c1-16-13-19(27)14-22(23(16)32-5)25(31)29-21-8-6-7-20(15-21)28-24(30)17-9-11-18(12-10-17)26(2,3)4/h6-15H,1-5H3,(H,28,30)(H,29,31). The van der Waals surface area contributed by atoms with Crippen molar-refractivity contribution in [2.45, 2.75) is 33.1 Å². The molecule has 0 spiro atoms. The van der Waals surface area contributed by atoms with Gasteiger partial charge in [-0.15, -0.1) is 0 Å². The Morgan fingerprint density at radius 3 is 2.03 bits per heavy atom. The number of halogens is 1. The van der Waals surface area contributed by atoms with Crippen molar-refractivity contribution in [2.24, 2.45) is 0 Å². The van der Waals surface area contributed by atoms with Crippen molar-refractivity contribution in [1.82, 2.24) is 0 Å². The van der Waals surface area contributed by atoms with Crippen molar-refractivity contribution in [3.8, 4) is 5.75 Å². The van der Waals surface area contributed by atoms with Gasteiger partial charge >= 0.3 is 0 Å². The van der Waals surface area contributed by atoms with E-state index >= 15 is 0 Å². The first-order valence-corrected chi connectivity index (χ1v) is 11.1. The van der Waals surface area contributed by atoms with Gasteiger partial charge in [0.1, 0.15) is 5.75 Å². The number of carbonyl (C=O) groups is 2. The van der Waals surface area contributed by atoms with E-state index in [1.165, 1.54) is 7.11 Å². The lowest BCUT2D eigenvalue weighted by Gasteiger charge is -2.19. The Bertz CT molecular complexity index is 1150. The van der Waals surface area contributed by atoms with Gasteiger partial charge in [-0.25, -0.2) is 0 Å². The number of rotatable bonds is 5. The van der Waals surface area contributed by atoms with Crippen LogP contribution in [-0.4, -0.2) is 18.9 Å². The fourth-order valence-corrected chi connectivity index (χ4v) is 3.94. The van der Waals surface area contributed by atoms with Crippen LogP contribution >= 0.6 is 15.9 Å². The molecule has 2 amide bonds. The summed E-state index contributed by atoms with van der Waals surface area (Å²) in [5.41, 5.74) is 4.19. The second-order valence-electron chi connectivity index (χ2n) is 8.62. The number of carbonyl (C=O) groups excluding carboxylic acids is 2. The number of nitrogens with one attached hydrogen (secondary N) is 2. The van der Waals surface area contributed by atoms with E-state index in [1.54, 1.807) is 30.3 Å². The van der Waals surface area contributed by atoms with E-state index in [0.717, 1.165) is 15.6 Å². The topological polar surface area (TPSA) is 67.4 Å². The Labute approximate surface area is 197 Å². The zero-order valence-electron chi connectivity index (χ0n) is 18.9. The predicted molar refractivity (Wildman–Crippen MR) is 133 cm³/mol. The van der Waals surface area contributed by atoms with Crippen molar-refractivity contribution in [3.63, 3.8) is 0 Å². The summed E-state index contributed by atoms with van der Waals surface area (Å²) in [6.07, 6.45) is 0. The molecule has 0 saturated carbocycles. The quantitative estimate of drug-likeness (QED) is 0.421. The molecule has 0 radical (unpaired) electrons. The smallest absolute Gasteiger partial charge is 0.259 e. The molecular weight excluding hydrogens is 468 g/mol. The minimum Gasteiger partial charge on any atom is -0.496 e. The highest BCUT2D eigenvalue weighted by atomic mass is 79.9. The molecule has 0 aromatic heterocycles. The lowest BCUT2D eigenvalue weighted by atomic mass is 9.87. The van der Waals surface area contributed by atoms with Crippen LogP contribution in [0.25, 0.3) is 0 Å². The molecular formula is C26H27BrN2O3. The number of methoxy groups -OCH3 is 1. The predicted octanol–water partition coefficient (Wildman–Crippen LogP) is 6.57. The van der Waals surface area contributed by atoms with Crippen molar-refractivity contribution in [3.05, 3.63) is 87.4 Å². The van der Waals surface area contributed by atoms with Gasteiger partial charge in [-0.3, -0.25) is 9.59 Å². The summed E-state index contributed by atoms with van der Waals surface area (Å²) < 4.78 is 6.20. The highest BCUT2D eigenvalue weighted by Gasteiger charge is 2.17. The summed E-state index contributed by atoms with van der Waals surface area (Å²) in [5.74, 6) is 0.0135. The normalized spacial score (nSPS) is 11.1. The van der Waals surface area contributed by atoms with Crippen LogP contribution in [0.5, 0.6) is 5.75 Å². The molecule has 5 nitrogen and oxygen atoms in total. The molecule has 32 heavy (non-hydrogen) atoms. The van der Waals surface area contributed by atoms with Crippen LogP contribution in [0, 0.1) is 6.92 Å². The third-order valence-corrected chi connectivity index (χ3v) is 5.54. The molecule has 0 aliphatic carbocycles. The highest BCUT2D eigenvalue weighted by molar-refractivity contribution is 9.10. The Morgan fingerprint density at radius 2 is 1.47 bits per heavy atom. The highest BCUT2D eigenvalue weighted by Crippen LogP contribution is 2.29. The maximum Gasteiger partial charge on any atom is 0.259 e. The molecule has 3 aromatic rings. The van der Waals surface area contributed by atoms with Crippen LogP contribution in [0.15, 0.2) is 65.1 Å². The Kier molecular flexibility index (Phi) is 7.04. The summed E-state index contributed by atoms with van der Waals surface area (Å²) in [6, 6.07) is 18.2. The molecule has 0 saturated heterocycles.